The predicted octanol–water partition coefficient (Wildman–Crippen LogP) is 3.33. The van der Waals surface area contributed by atoms with Gasteiger partial charge in [0, 0.05) is 29.2 Å². The monoisotopic (exact) mass is 256 g/mol. The van der Waals surface area contributed by atoms with Gasteiger partial charge in [-0.2, -0.15) is 0 Å². The lowest BCUT2D eigenvalue weighted by Crippen LogP contribution is -2.20. The topological polar surface area (TPSA) is 37.0 Å². The zero-order chi connectivity index (χ0) is 13.2. The Morgan fingerprint density at radius 2 is 2.16 bits per heavy atom. The second-order valence-corrected chi connectivity index (χ2v) is 5.23. The molecule has 0 amide bonds. The SMILES string of the molecule is CC(C)Oc1cccc2[nH]cc(C3=CCNCC3)c12. The quantitative estimate of drug-likeness (QED) is 0.883. The first-order valence-electron chi connectivity index (χ1n) is 6.92. The summed E-state index contributed by atoms with van der Waals surface area (Å²) in [6, 6.07) is 6.20. The molecule has 1 aliphatic heterocycles. The van der Waals surface area contributed by atoms with Gasteiger partial charge in [-0.3, -0.25) is 0 Å². The summed E-state index contributed by atoms with van der Waals surface area (Å²) < 4.78 is 5.95. The van der Waals surface area contributed by atoms with Gasteiger partial charge in [-0.15, -0.1) is 0 Å². The fraction of sp³-hybridized carbons (Fsp3) is 0.375. The van der Waals surface area contributed by atoms with Gasteiger partial charge in [0.25, 0.3) is 0 Å². The van der Waals surface area contributed by atoms with E-state index in [1.165, 1.54) is 16.5 Å². The van der Waals surface area contributed by atoms with Crippen molar-refractivity contribution in [3.05, 3.63) is 36.0 Å². The van der Waals surface area contributed by atoms with Gasteiger partial charge in [0.2, 0.25) is 0 Å². The maximum absolute atomic E-state index is 5.95. The molecule has 0 radical (unpaired) electrons. The van der Waals surface area contributed by atoms with Crippen molar-refractivity contribution in [2.24, 2.45) is 0 Å². The van der Waals surface area contributed by atoms with Crippen LogP contribution in [0.4, 0.5) is 0 Å². The van der Waals surface area contributed by atoms with E-state index >= 15 is 0 Å². The summed E-state index contributed by atoms with van der Waals surface area (Å²) in [5.41, 5.74) is 3.84. The van der Waals surface area contributed by atoms with Crippen molar-refractivity contribution in [1.29, 1.82) is 0 Å². The van der Waals surface area contributed by atoms with E-state index in [9.17, 15) is 0 Å². The fourth-order valence-corrected chi connectivity index (χ4v) is 2.62. The van der Waals surface area contributed by atoms with Crippen molar-refractivity contribution >= 4 is 16.5 Å². The minimum atomic E-state index is 0.190. The number of nitrogens with one attached hydrogen (secondary N) is 2. The summed E-state index contributed by atoms with van der Waals surface area (Å²) in [5, 5.41) is 4.57. The number of aromatic nitrogens is 1. The van der Waals surface area contributed by atoms with E-state index in [0.29, 0.717) is 0 Å². The molecular weight excluding hydrogens is 236 g/mol. The van der Waals surface area contributed by atoms with Gasteiger partial charge >= 0.3 is 0 Å². The van der Waals surface area contributed by atoms with E-state index in [4.69, 9.17) is 4.74 Å². The van der Waals surface area contributed by atoms with Crippen LogP contribution in [-0.2, 0) is 0 Å². The van der Waals surface area contributed by atoms with Crippen molar-refractivity contribution in [3.63, 3.8) is 0 Å². The van der Waals surface area contributed by atoms with Crippen molar-refractivity contribution in [3.8, 4) is 5.75 Å². The molecule has 3 nitrogen and oxygen atoms in total. The average Bonchev–Trinajstić information content (AvgIpc) is 2.84. The second kappa shape index (κ2) is 5.10. The Morgan fingerprint density at radius 1 is 1.26 bits per heavy atom. The molecule has 0 spiro atoms. The van der Waals surface area contributed by atoms with Crippen LogP contribution in [0.1, 0.15) is 25.8 Å². The molecule has 1 aromatic carbocycles. The highest BCUT2D eigenvalue weighted by atomic mass is 16.5. The molecule has 2 aromatic rings. The van der Waals surface area contributed by atoms with Crippen molar-refractivity contribution in [2.75, 3.05) is 13.1 Å². The molecule has 0 bridgehead atoms. The Balaban J connectivity index is 2.12. The van der Waals surface area contributed by atoms with Crippen molar-refractivity contribution in [1.82, 2.24) is 10.3 Å². The van der Waals surface area contributed by atoms with E-state index < -0.39 is 0 Å². The molecule has 3 rings (SSSR count). The number of ether oxygens (including phenoxy) is 1. The molecule has 2 N–H and O–H groups in total. The summed E-state index contributed by atoms with van der Waals surface area (Å²) in [4.78, 5) is 3.36. The molecule has 1 aromatic heterocycles. The number of benzene rings is 1. The summed E-state index contributed by atoms with van der Waals surface area (Å²) in [5.74, 6) is 0.975. The number of rotatable bonds is 3. The van der Waals surface area contributed by atoms with Gasteiger partial charge in [0.15, 0.2) is 0 Å². The minimum Gasteiger partial charge on any atom is -0.490 e. The summed E-state index contributed by atoms with van der Waals surface area (Å²) in [6.45, 7) is 6.13. The third kappa shape index (κ3) is 2.38. The minimum absolute atomic E-state index is 0.190. The molecule has 0 aliphatic carbocycles. The first kappa shape index (κ1) is 12.3. The number of H-pyrrole nitrogens is 1. The third-order valence-corrected chi connectivity index (χ3v) is 3.44. The van der Waals surface area contributed by atoms with Gasteiger partial charge in [-0.1, -0.05) is 12.1 Å². The van der Waals surface area contributed by atoms with Crippen LogP contribution in [0.5, 0.6) is 5.75 Å². The fourth-order valence-electron chi connectivity index (χ4n) is 2.62. The second-order valence-electron chi connectivity index (χ2n) is 5.23. The lowest BCUT2D eigenvalue weighted by Gasteiger charge is -2.16. The standard InChI is InChI=1S/C16H20N2O/c1-11(2)19-15-5-3-4-14-16(15)13(10-18-14)12-6-8-17-9-7-12/h3-6,10-11,17-18H,7-9H2,1-2H3. The summed E-state index contributed by atoms with van der Waals surface area (Å²) in [7, 11) is 0. The van der Waals surface area contributed by atoms with Crippen molar-refractivity contribution < 1.29 is 4.74 Å². The number of hydrogen-bond donors (Lipinski definition) is 2. The molecule has 100 valence electrons. The smallest absolute Gasteiger partial charge is 0.129 e. The zero-order valence-corrected chi connectivity index (χ0v) is 11.5. The average molecular weight is 256 g/mol. The Kier molecular flexibility index (Phi) is 3.30. The Morgan fingerprint density at radius 3 is 2.89 bits per heavy atom. The van der Waals surface area contributed by atoms with Gasteiger partial charge in [-0.05, 0) is 44.5 Å². The van der Waals surface area contributed by atoms with Crippen LogP contribution in [0.2, 0.25) is 0 Å². The van der Waals surface area contributed by atoms with E-state index in [1.807, 2.05) is 6.07 Å². The van der Waals surface area contributed by atoms with E-state index in [-0.39, 0.29) is 6.10 Å². The van der Waals surface area contributed by atoms with Crippen LogP contribution in [0, 0.1) is 0 Å². The summed E-state index contributed by atoms with van der Waals surface area (Å²) in [6.07, 6.45) is 5.64. The van der Waals surface area contributed by atoms with Gasteiger partial charge in [-0.25, -0.2) is 0 Å². The third-order valence-electron chi connectivity index (χ3n) is 3.44. The highest BCUT2D eigenvalue weighted by molar-refractivity contribution is 5.97. The van der Waals surface area contributed by atoms with Crippen molar-refractivity contribution in [2.45, 2.75) is 26.4 Å². The normalized spacial score (nSPS) is 15.8. The Labute approximate surface area is 113 Å². The van der Waals surface area contributed by atoms with Crippen LogP contribution >= 0.6 is 0 Å². The largest absolute Gasteiger partial charge is 0.490 e. The number of aromatic amines is 1. The first-order valence-corrected chi connectivity index (χ1v) is 6.92. The first-order chi connectivity index (χ1) is 9.25. The van der Waals surface area contributed by atoms with Gasteiger partial charge in [0.1, 0.15) is 5.75 Å². The predicted molar refractivity (Wildman–Crippen MR) is 79.5 cm³/mol. The molecular formula is C16H20N2O. The Bertz CT molecular complexity index is 610. The highest BCUT2D eigenvalue weighted by Gasteiger charge is 2.15. The maximum Gasteiger partial charge on any atom is 0.129 e. The molecule has 3 heteroatoms. The molecule has 0 saturated heterocycles. The summed E-state index contributed by atoms with van der Waals surface area (Å²) >= 11 is 0. The van der Waals surface area contributed by atoms with E-state index in [0.717, 1.165) is 30.8 Å². The molecule has 19 heavy (non-hydrogen) atoms. The number of fused-ring (bicyclic) bond motifs is 1. The van der Waals surface area contributed by atoms with E-state index in [1.54, 1.807) is 0 Å². The lowest BCUT2D eigenvalue weighted by molar-refractivity contribution is 0.245. The molecule has 0 unspecified atom stereocenters. The van der Waals surface area contributed by atoms with Gasteiger partial charge in [0.05, 0.1) is 6.10 Å². The molecule has 0 fully saturated rings. The van der Waals surface area contributed by atoms with Gasteiger partial charge < -0.3 is 15.0 Å². The molecule has 0 saturated carbocycles. The Hall–Kier alpha value is -1.74. The van der Waals surface area contributed by atoms with Crippen LogP contribution in [0.3, 0.4) is 0 Å². The maximum atomic E-state index is 5.95. The van der Waals surface area contributed by atoms with Crippen LogP contribution in [0.15, 0.2) is 30.5 Å². The van der Waals surface area contributed by atoms with Crippen LogP contribution < -0.4 is 10.1 Å². The highest BCUT2D eigenvalue weighted by Crippen LogP contribution is 2.34. The van der Waals surface area contributed by atoms with E-state index in [2.05, 4.69) is 48.6 Å². The zero-order valence-electron chi connectivity index (χ0n) is 11.5. The van der Waals surface area contributed by atoms with Crippen LogP contribution in [-0.4, -0.2) is 24.2 Å². The molecule has 1 aliphatic rings. The van der Waals surface area contributed by atoms with Crippen LogP contribution in [0.25, 0.3) is 16.5 Å². The number of hydrogen-bond acceptors (Lipinski definition) is 2. The molecule has 0 atom stereocenters. The molecule has 2 heterocycles. The lowest BCUT2D eigenvalue weighted by atomic mass is 9.99.